The van der Waals surface area contributed by atoms with E-state index in [9.17, 15) is 4.79 Å². The van der Waals surface area contributed by atoms with Crippen LogP contribution in [0.3, 0.4) is 0 Å². The number of carbonyl (C=O) groups is 1. The summed E-state index contributed by atoms with van der Waals surface area (Å²) < 4.78 is 11.3. The highest BCUT2D eigenvalue weighted by Crippen LogP contribution is 2.32. The first-order chi connectivity index (χ1) is 11.7. The zero-order chi connectivity index (χ0) is 18.6. The Hall–Kier alpha value is -1.48. The van der Waals surface area contributed by atoms with Crippen LogP contribution in [0.5, 0.6) is 0 Å². The van der Waals surface area contributed by atoms with E-state index >= 15 is 0 Å². The second kappa shape index (κ2) is 8.27. The molecule has 5 nitrogen and oxygen atoms in total. The van der Waals surface area contributed by atoms with Crippen molar-refractivity contribution in [2.24, 2.45) is 0 Å². The van der Waals surface area contributed by atoms with Gasteiger partial charge in [0.15, 0.2) is 0 Å². The predicted octanol–water partition coefficient (Wildman–Crippen LogP) is 4.63. The first-order valence-corrected chi connectivity index (χ1v) is 8.88. The maximum absolute atomic E-state index is 12.5. The highest BCUT2D eigenvalue weighted by Gasteiger charge is 2.33. The van der Waals surface area contributed by atoms with Gasteiger partial charge in [0, 0.05) is 19.0 Å². The highest BCUT2D eigenvalue weighted by molar-refractivity contribution is 6.42. The molecule has 1 saturated heterocycles. The fraction of sp³-hybridized carbons (Fsp3) is 0.556. The number of rotatable bonds is 2. The predicted molar refractivity (Wildman–Crippen MR) is 97.0 cm³/mol. The molecule has 2 rings (SSSR count). The third-order valence-corrected chi connectivity index (χ3v) is 4.61. The minimum Gasteiger partial charge on any atom is -0.444 e. The van der Waals surface area contributed by atoms with Gasteiger partial charge in [0.25, 0.3) is 0 Å². The number of benzene rings is 1. The van der Waals surface area contributed by atoms with Crippen LogP contribution in [0.1, 0.15) is 38.7 Å². The number of nitrogens with zero attached hydrogens (tertiary/aromatic N) is 2. The van der Waals surface area contributed by atoms with Crippen LogP contribution in [0.25, 0.3) is 0 Å². The van der Waals surface area contributed by atoms with Crippen molar-refractivity contribution in [3.05, 3.63) is 33.8 Å². The second-order valence-corrected chi connectivity index (χ2v) is 7.79. The largest absolute Gasteiger partial charge is 0.444 e. The van der Waals surface area contributed by atoms with E-state index in [0.717, 1.165) is 5.56 Å². The normalized spacial score (nSPS) is 21.4. The fourth-order valence-electron chi connectivity index (χ4n) is 2.72. The van der Waals surface area contributed by atoms with Crippen molar-refractivity contribution < 1.29 is 14.3 Å². The van der Waals surface area contributed by atoms with Gasteiger partial charge in [-0.2, -0.15) is 5.26 Å². The third kappa shape index (κ3) is 5.50. The molecule has 25 heavy (non-hydrogen) atoms. The Bertz CT molecular complexity index is 667. The van der Waals surface area contributed by atoms with E-state index < -0.39 is 11.7 Å². The van der Waals surface area contributed by atoms with E-state index in [1.807, 2.05) is 26.8 Å². The number of nitriles is 1. The van der Waals surface area contributed by atoms with Gasteiger partial charge in [-0.25, -0.2) is 4.79 Å². The number of ether oxygens (including phenoxy) is 2. The maximum Gasteiger partial charge on any atom is 0.410 e. The lowest BCUT2D eigenvalue weighted by molar-refractivity contribution is 0.0232. The molecule has 1 aliphatic rings. The fourth-order valence-corrected chi connectivity index (χ4v) is 3.03. The summed E-state index contributed by atoms with van der Waals surface area (Å²) in [7, 11) is 0. The molecule has 0 saturated carbocycles. The molecule has 2 atom stereocenters. The van der Waals surface area contributed by atoms with Crippen LogP contribution in [0.15, 0.2) is 18.2 Å². The molecule has 1 amide bonds. The van der Waals surface area contributed by atoms with E-state index in [0.29, 0.717) is 29.7 Å². The Morgan fingerprint density at radius 2 is 2.12 bits per heavy atom. The Balaban J connectivity index is 2.28. The zero-order valence-corrected chi connectivity index (χ0v) is 16.1. The van der Waals surface area contributed by atoms with Gasteiger partial charge in [0.1, 0.15) is 5.60 Å². The summed E-state index contributed by atoms with van der Waals surface area (Å²) in [5, 5.41) is 10.0. The molecule has 2 unspecified atom stereocenters. The van der Waals surface area contributed by atoms with Gasteiger partial charge < -0.3 is 14.4 Å². The summed E-state index contributed by atoms with van der Waals surface area (Å²) in [6, 6.07) is 7.49. The monoisotopic (exact) mass is 384 g/mol. The molecule has 1 fully saturated rings. The number of hydrogen-bond acceptors (Lipinski definition) is 4. The van der Waals surface area contributed by atoms with Crippen LogP contribution in [0.4, 0.5) is 4.79 Å². The average Bonchev–Trinajstić information content (AvgIpc) is 2.72. The van der Waals surface area contributed by atoms with E-state index in [1.165, 1.54) is 0 Å². The van der Waals surface area contributed by atoms with Crippen molar-refractivity contribution in [1.29, 1.82) is 5.26 Å². The van der Waals surface area contributed by atoms with E-state index in [1.54, 1.807) is 17.0 Å². The van der Waals surface area contributed by atoms with Gasteiger partial charge in [-0.1, -0.05) is 29.3 Å². The van der Waals surface area contributed by atoms with Gasteiger partial charge in [-0.05, 0) is 38.5 Å². The molecule has 7 heteroatoms. The minimum absolute atomic E-state index is 0.190. The van der Waals surface area contributed by atoms with Crippen LogP contribution >= 0.6 is 23.2 Å². The molecular formula is C18H22Cl2N2O3. The smallest absolute Gasteiger partial charge is 0.410 e. The molecule has 136 valence electrons. The third-order valence-electron chi connectivity index (χ3n) is 3.87. The van der Waals surface area contributed by atoms with E-state index in [4.69, 9.17) is 37.9 Å². The summed E-state index contributed by atoms with van der Waals surface area (Å²) in [5.74, 6) is -0.190. The molecule has 1 heterocycles. The Labute approximate surface area is 158 Å². The quantitative estimate of drug-likeness (QED) is 0.745. The van der Waals surface area contributed by atoms with Crippen LogP contribution in [-0.2, 0) is 9.47 Å². The minimum atomic E-state index is -0.574. The lowest BCUT2D eigenvalue weighted by atomic mass is 9.91. The van der Waals surface area contributed by atoms with Crippen molar-refractivity contribution in [1.82, 2.24) is 4.90 Å². The topological polar surface area (TPSA) is 62.6 Å². The molecule has 1 aromatic rings. The number of amides is 1. The molecule has 1 aromatic carbocycles. The molecule has 1 aliphatic heterocycles. The van der Waals surface area contributed by atoms with Gasteiger partial charge in [-0.3, -0.25) is 0 Å². The molecular weight excluding hydrogens is 363 g/mol. The van der Waals surface area contributed by atoms with Crippen molar-refractivity contribution in [3.63, 3.8) is 0 Å². The summed E-state index contributed by atoms with van der Waals surface area (Å²) in [6.07, 6.45) is -0.485. The van der Waals surface area contributed by atoms with Crippen molar-refractivity contribution in [3.8, 4) is 6.07 Å². The van der Waals surface area contributed by atoms with Crippen LogP contribution in [-0.4, -0.2) is 42.4 Å². The van der Waals surface area contributed by atoms with Crippen molar-refractivity contribution >= 4 is 29.3 Å². The number of halogens is 2. The summed E-state index contributed by atoms with van der Waals surface area (Å²) in [6.45, 7) is 6.63. The molecule has 0 aromatic heterocycles. The van der Waals surface area contributed by atoms with Crippen LogP contribution in [0.2, 0.25) is 10.0 Å². The van der Waals surface area contributed by atoms with E-state index in [-0.39, 0.29) is 18.4 Å². The second-order valence-electron chi connectivity index (χ2n) is 6.98. The average molecular weight is 385 g/mol. The first-order valence-electron chi connectivity index (χ1n) is 8.12. The van der Waals surface area contributed by atoms with Crippen molar-refractivity contribution in [2.75, 3.05) is 19.7 Å². The summed E-state index contributed by atoms with van der Waals surface area (Å²) in [5.41, 5.74) is 0.306. The Morgan fingerprint density at radius 1 is 1.40 bits per heavy atom. The van der Waals surface area contributed by atoms with E-state index in [2.05, 4.69) is 6.07 Å². The molecule has 0 N–H and O–H groups in total. The number of carbonyl (C=O) groups excluding carboxylic acids is 1. The lowest BCUT2D eigenvalue weighted by Crippen LogP contribution is -2.40. The number of hydrogen-bond donors (Lipinski definition) is 0. The lowest BCUT2D eigenvalue weighted by Gasteiger charge is -2.29. The Morgan fingerprint density at radius 3 is 2.72 bits per heavy atom. The van der Waals surface area contributed by atoms with Crippen LogP contribution in [0, 0.1) is 11.3 Å². The highest BCUT2D eigenvalue weighted by atomic mass is 35.5. The van der Waals surface area contributed by atoms with Gasteiger partial charge >= 0.3 is 6.09 Å². The van der Waals surface area contributed by atoms with Gasteiger partial charge in [-0.15, -0.1) is 0 Å². The van der Waals surface area contributed by atoms with Crippen molar-refractivity contribution in [2.45, 2.75) is 44.8 Å². The summed E-state index contributed by atoms with van der Waals surface area (Å²) >= 11 is 12.1. The molecule has 0 spiro atoms. The Kier molecular flexibility index (Phi) is 6.56. The molecule has 0 radical (unpaired) electrons. The van der Waals surface area contributed by atoms with Crippen LogP contribution < -0.4 is 0 Å². The molecule has 0 aliphatic carbocycles. The molecule has 0 bridgehead atoms. The standard InChI is InChI=1S/C18H22Cl2N2O3/c1-18(2,3)25-17(23)22-8-9-24-16(6-7-21)13(11-22)12-4-5-14(19)15(20)10-12/h4-5,10,13,16H,6,8-9,11H2,1-3H3. The SMILES string of the molecule is CC(C)(C)OC(=O)N1CCOC(CC#N)C(c2ccc(Cl)c(Cl)c2)C1. The van der Waals surface area contributed by atoms with Gasteiger partial charge in [0.05, 0.1) is 35.2 Å². The maximum atomic E-state index is 12.5. The summed E-state index contributed by atoms with van der Waals surface area (Å²) in [4.78, 5) is 14.1. The first kappa shape index (κ1) is 19.8. The van der Waals surface area contributed by atoms with Gasteiger partial charge in [0.2, 0.25) is 0 Å². The zero-order valence-electron chi connectivity index (χ0n) is 14.6.